The normalized spacial score (nSPS) is 45.7. The Balaban J connectivity index is 1.83. The number of hydrogen-bond acceptors (Lipinski definition) is 3. The van der Waals surface area contributed by atoms with Crippen LogP contribution in [0, 0.1) is 0 Å². The minimum absolute atomic E-state index is 0.138. The second-order valence-corrected chi connectivity index (χ2v) is 5.30. The topological polar surface area (TPSA) is 32.8 Å². The average molecular weight is 210 g/mol. The largest absolute Gasteiger partial charge is 0.300 e. The summed E-state index contributed by atoms with van der Waals surface area (Å²) < 4.78 is 0. The van der Waals surface area contributed by atoms with E-state index in [-0.39, 0.29) is 11.5 Å². The Labute approximate surface area is 90.1 Å². The second kappa shape index (κ2) is 2.95. The molecule has 3 rings (SSSR count). The van der Waals surface area contributed by atoms with Gasteiger partial charge in [-0.15, -0.1) is 0 Å². The fraction of sp³-hybridized carbons (Fsp3) is 0.909. The maximum atomic E-state index is 11.6. The van der Waals surface area contributed by atoms with Gasteiger partial charge in [-0.25, -0.2) is 5.06 Å². The van der Waals surface area contributed by atoms with Crippen LogP contribution in [0.25, 0.3) is 0 Å². The van der Waals surface area contributed by atoms with Gasteiger partial charge in [-0.1, -0.05) is 0 Å². The smallest absolute Gasteiger partial charge is 0.248 e. The summed E-state index contributed by atoms with van der Waals surface area (Å²) in [6.07, 6.45) is 5.17. The molecule has 0 radical (unpaired) electrons. The molecule has 0 aromatic carbocycles. The van der Waals surface area contributed by atoms with Crippen molar-refractivity contribution in [1.82, 2.24) is 9.96 Å². The van der Waals surface area contributed by atoms with Gasteiger partial charge in [-0.2, -0.15) is 0 Å². The summed E-state index contributed by atoms with van der Waals surface area (Å²) in [5, 5.41) is 1.44. The van der Waals surface area contributed by atoms with Gasteiger partial charge in [0.25, 0.3) is 0 Å². The first-order valence-electron chi connectivity index (χ1n) is 5.77. The molecule has 15 heavy (non-hydrogen) atoms. The zero-order valence-corrected chi connectivity index (χ0v) is 9.40. The Bertz CT molecular complexity index is 291. The lowest BCUT2D eigenvalue weighted by molar-refractivity contribution is -0.204. The molecule has 4 heteroatoms. The summed E-state index contributed by atoms with van der Waals surface area (Å²) in [6, 6.07) is 1.26. The number of rotatable bonds is 0. The lowest BCUT2D eigenvalue weighted by Gasteiger charge is -2.41. The molecule has 0 saturated carbocycles. The molecule has 0 aromatic rings. The third kappa shape index (κ3) is 1.31. The fourth-order valence-electron chi connectivity index (χ4n) is 3.50. The standard InChI is InChI=1S/C11H18N2O2/c1-12-8-3-4-9(12)6-11(5-8)7-10(14)13(2)15-11/h8-9H,3-7H2,1-2H3/t8-,9+,11?. The molecule has 3 atom stereocenters. The highest BCUT2D eigenvalue weighted by molar-refractivity contribution is 5.77. The van der Waals surface area contributed by atoms with Gasteiger partial charge in [0.1, 0.15) is 5.60 Å². The highest BCUT2D eigenvalue weighted by Crippen LogP contribution is 2.45. The Morgan fingerprint density at radius 2 is 1.87 bits per heavy atom. The van der Waals surface area contributed by atoms with Crippen LogP contribution in [-0.2, 0) is 9.63 Å². The summed E-state index contributed by atoms with van der Waals surface area (Å²) in [5.74, 6) is 0.138. The lowest BCUT2D eigenvalue weighted by atomic mass is 9.84. The Morgan fingerprint density at radius 3 is 2.33 bits per heavy atom. The summed E-state index contributed by atoms with van der Waals surface area (Å²) in [6.45, 7) is 0. The molecule has 0 aromatic heterocycles. The zero-order chi connectivity index (χ0) is 10.6. The number of fused-ring (bicyclic) bond motifs is 2. The monoisotopic (exact) mass is 210 g/mol. The summed E-state index contributed by atoms with van der Waals surface area (Å²) in [4.78, 5) is 19.8. The van der Waals surface area contributed by atoms with Crippen LogP contribution in [0.2, 0.25) is 0 Å². The molecule has 1 amide bonds. The van der Waals surface area contributed by atoms with Crippen LogP contribution in [0.4, 0.5) is 0 Å². The summed E-state index contributed by atoms with van der Waals surface area (Å²) in [7, 11) is 3.94. The van der Waals surface area contributed by atoms with Gasteiger partial charge < -0.3 is 4.90 Å². The molecule has 4 nitrogen and oxygen atoms in total. The number of amides is 1. The molecular weight excluding hydrogens is 192 g/mol. The fourth-order valence-corrected chi connectivity index (χ4v) is 3.50. The third-order valence-corrected chi connectivity index (χ3v) is 4.36. The van der Waals surface area contributed by atoms with E-state index >= 15 is 0 Å². The van der Waals surface area contributed by atoms with Gasteiger partial charge in [0.2, 0.25) is 5.91 Å². The van der Waals surface area contributed by atoms with E-state index < -0.39 is 0 Å². The quantitative estimate of drug-likeness (QED) is 0.592. The maximum absolute atomic E-state index is 11.6. The molecule has 2 bridgehead atoms. The van der Waals surface area contributed by atoms with Crippen LogP contribution in [0.5, 0.6) is 0 Å². The molecule has 3 heterocycles. The van der Waals surface area contributed by atoms with Crippen LogP contribution in [0.3, 0.4) is 0 Å². The first-order chi connectivity index (χ1) is 7.10. The summed E-state index contributed by atoms with van der Waals surface area (Å²) >= 11 is 0. The Hall–Kier alpha value is -0.610. The maximum Gasteiger partial charge on any atom is 0.248 e. The van der Waals surface area contributed by atoms with Crippen molar-refractivity contribution in [2.45, 2.75) is 49.8 Å². The van der Waals surface area contributed by atoms with E-state index in [1.54, 1.807) is 7.05 Å². The van der Waals surface area contributed by atoms with Gasteiger partial charge in [-0.05, 0) is 32.7 Å². The van der Waals surface area contributed by atoms with Crippen molar-refractivity contribution >= 4 is 5.91 Å². The second-order valence-electron chi connectivity index (χ2n) is 5.30. The van der Waals surface area contributed by atoms with Crippen molar-refractivity contribution in [3.05, 3.63) is 0 Å². The highest BCUT2D eigenvalue weighted by atomic mass is 16.7. The first-order valence-corrected chi connectivity index (χ1v) is 5.77. The van der Waals surface area contributed by atoms with E-state index in [0.29, 0.717) is 18.5 Å². The first kappa shape index (κ1) is 9.60. The predicted octanol–water partition coefficient (Wildman–Crippen LogP) is 0.776. The van der Waals surface area contributed by atoms with Crippen molar-refractivity contribution in [2.75, 3.05) is 14.1 Å². The average Bonchev–Trinajstić information content (AvgIpc) is 2.57. The number of nitrogens with zero attached hydrogens (tertiary/aromatic N) is 2. The highest BCUT2D eigenvalue weighted by Gasteiger charge is 2.53. The van der Waals surface area contributed by atoms with E-state index in [0.717, 1.165) is 12.8 Å². The number of carbonyl (C=O) groups excluding carboxylic acids is 1. The van der Waals surface area contributed by atoms with Crippen LogP contribution >= 0.6 is 0 Å². The van der Waals surface area contributed by atoms with Gasteiger partial charge in [0.15, 0.2) is 0 Å². The van der Waals surface area contributed by atoms with Crippen molar-refractivity contribution in [3.8, 4) is 0 Å². The number of piperidine rings is 1. The van der Waals surface area contributed by atoms with Gasteiger partial charge in [0, 0.05) is 19.1 Å². The minimum atomic E-state index is -0.163. The van der Waals surface area contributed by atoms with Crippen molar-refractivity contribution < 1.29 is 9.63 Å². The van der Waals surface area contributed by atoms with E-state index in [4.69, 9.17) is 4.84 Å². The van der Waals surface area contributed by atoms with Crippen molar-refractivity contribution in [2.24, 2.45) is 0 Å². The molecule has 1 unspecified atom stereocenters. The molecule has 3 fully saturated rings. The Kier molecular flexibility index (Phi) is 1.89. The van der Waals surface area contributed by atoms with E-state index in [2.05, 4.69) is 11.9 Å². The molecule has 1 spiro atoms. The van der Waals surface area contributed by atoms with Crippen LogP contribution in [0.15, 0.2) is 0 Å². The van der Waals surface area contributed by atoms with Crippen LogP contribution < -0.4 is 0 Å². The predicted molar refractivity (Wildman–Crippen MR) is 55.0 cm³/mol. The molecular formula is C11H18N2O2. The lowest BCUT2D eigenvalue weighted by Crippen LogP contribution is -2.49. The van der Waals surface area contributed by atoms with Gasteiger partial charge in [0.05, 0.1) is 6.42 Å². The summed E-state index contributed by atoms with van der Waals surface area (Å²) in [5.41, 5.74) is -0.163. The van der Waals surface area contributed by atoms with Gasteiger partial charge in [-0.3, -0.25) is 9.63 Å². The molecule has 3 aliphatic heterocycles. The molecule has 0 N–H and O–H groups in total. The van der Waals surface area contributed by atoms with E-state index in [9.17, 15) is 4.79 Å². The third-order valence-electron chi connectivity index (χ3n) is 4.36. The SMILES string of the molecule is CN1OC2(CC1=O)C[C@H]1CC[C@@H](C2)N1C. The minimum Gasteiger partial charge on any atom is -0.300 e. The number of hydroxylamine groups is 2. The van der Waals surface area contributed by atoms with Gasteiger partial charge >= 0.3 is 0 Å². The van der Waals surface area contributed by atoms with E-state index in [1.807, 2.05) is 0 Å². The number of hydrogen-bond donors (Lipinski definition) is 0. The molecule has 3 aliphatic rings. The van der Waals surface area contributed by atoms with Crippen LogP contribution in [0.1, 0.15) is 32.1 Å². The van der Waals surface area contributed by atoms with Crippen LogP contribution in [-0.4, -0.2) is 47.7 Å². The molecule has 3 saturated heterocycles. The molecule has 0 aliphatic carbocycles. The number of carbonyl (C=O) groups is 1. The Morgan fingerprint density at radius 1 is 1.27 bits per heavy atom. The van der Waals surface area contributed by atoms with Crippen molar-refractivity contribution in [1.29, 1.82) is 0 Å². The molecule has 84 valence electrons. The van der Waals surface area contributed by atoms with E-state index in [1.165, 1.54) is 17.9 Å². The van der Waals surface area contributed by atoms with Crippen molar-refractivity contribution in [3.63, 3.8) is 0 Å². The zero-order valence-electron chi connectivity index (χ0n) is 9.40.